The van der Waals surface area contributed by atoms with E-state index in [9.17, 15) is 14.7 Å². The summed E-state index contributed by atoms with van der Waals surface area (Å²) in [7, 11) is 2.99. The van der Waals surface area contributed by atoms with Gasteiger partial charge in [0.1, 0.15) is 13.2 Å². The third-order valence-electron chi connectivity index (χ3n) is 4.30. The molecule has 2 aromatic carbocycles. The zero-order valence-electron chi connectivity index (χ0n) is 15.6. The first kappa shape index (κ1) is 19.3. The lowest BCUT2D eigenvalue weighted by Gasteiger charge is -2.23. The lowest BCUT2D eigenvalue weighted by Crippen LogP contribution is -2.31. The van der Waals surface area contributed by atoms with E-state index in [1.807, 2.05) is 0 Å². The molecule has 0 saturated heterocycles. The monoisotopic (exact) mass is 387 g/mol. The molecule has 28 heavy (non-hydrogen) atoms. The molecule has 1 unspecified atom stereocenters. The highest BCUT2D eigenvalue weighted by Gasteiger charge is 2.25. The number of aliphatic carboxylic acids is 1. The molecule has 0 saturated carbocycles. The molecule has 0 fully saturated rings. The van der Waals surface area contributed by atoms with Crippen molar-refractivity contribution in [1.29, 1.82) is 0 Å². The Labute approximate surface area is 162 Å². The van der Waals surface area contributed by atoms with Gasteiger partial charge in [0.2, 0.25) is 0 Å². The number of fused-ring (bicyclic) bond motifs is 1. The smallest absolute Gasteiger partial charge is 0.305 e. The van der Waals surface area contributed by atoms with Crippen LogP contribution in [-0.2, 0) is 4.79 Å². The van der Waals surface area contributed by atoms with Gasteiger partial charge in [0.05, 0.1) is 32.2 Å². The molecule has 2 aromatic rings. The van der Waals surface area contributed by atoms with E-state index in [1.54, 1.807) is 36.4 Å². The van der Waals surface area contributed by atoms with Crippen LogP contribution in [0.25, 0.3) is 0 Å². The molecule has 1 aliphatic rings. The molecule has 0 radical (unpaired) electrons. The number of hydrogen-bond acceptors (Lipinski definition) is 6. The quantitative estimate of drug-likeness (QED) is 0.752. The number of para-hydroxylation sites is 1. The van der Waals surface area contributed by atoms with Gasteiger partial charge in [0.25, 0.3) is 5.91 Å². The Morgan fingerprint density at radius 1 is 1.11 bits per heavy atom. The number of carboxylic acid groups (broad SMARTS) is 1. The number of carbonyl (C=O) groups excluding carboxylic acids is 1. The van der Waals surface area contributed by atoms with Crippen molar-refractivity contribution in [2.75, 3.05) is 27.4 Å². The van der Waals surface area contributed by atoms with Crippen molar-refractivity contribution in [1.82, 2.24) is 5.32 Å². The average Bonchev–Trinajstić information content (AvgIpc) is 2.71. The predicted octanol–water partition coefficient (Wildman–Crippen LogP) is 2.42. The zero-order chi connectivity index (χ0) is 20.1. The van der Waals surface area contributed by atoms with Crippen molar-refractivity contribution >= 4 is 11.9 Å². The number of methoxy groups -OCH3 is 2. The second-order valence-electron chi connectivity index (χ2n) is 6.07. The SMILES string of the molecule is COc1ccc(C(CC(=O)O)NC(=O)c2cccc3c2OCCO3)cc1OC. The van der Waals surface area contributed by atoms with Crippen molar-refractivity contribution in [3.63, 3.8) is 0 Å². The van der Waals surface area contributed by atoms with Crippen LogP contribution < -0.4 is 24.3 Å². The van der Waals surface area contributed by atoms with Crippen LogP contribution in [0.5, 0.6) is 23.0 Å². The Hall–Kier alpha value is -3.42. The number of carbonyl (C=O) groups is 2. The number of ether oxygens (including phenoxy) is 4. The van der Waals surface area contributed by atoms with E-state index >= 15 is 0 Å². The number of hydrogen-bond donors (Lipinski definition) is 2. The highest BCUT2D eigenvalue weighted by Crippen LogP contribution is 2.35. The maximum Gasteiger partial charge on any atom is 0.305 e. The summed E-state index contributed by atoms with van der Waals surface area (Å²) in [5, 5.41) is 12.1. The van der Waals surface area contributed by atoms with Crippen LogP contribution in [0.15, 0.2) is 36.4 Å². The van der Waals surface area contributed by atoms with Crippen molar-refractivity contribution in [3.8, 4) is 23.0 Å². The van der Waals surface area contributed by atoms with E-state index in [0.717, 1.165) is 0 Å². The van der Waals surface area contributed by atoms with E-state index in [4.69, 9.17) is 18.9 Å². The molecule has 1 heterocycles. The second-order valence-corrected chi connectivity index (χ2v) is 6.07. The Morgan fingerprint density at radius 3 is 2.57 bits per heavy atom. The summed E-state index contributed by atoms with van der Waals surface area (Å²) in [6.45, 7) is 0.747. The molecule has 8 nitrogen and oxygen atoms in total. The molecule has 2 N–H and O–H groups in total. The van der Waals surface area contributed by atoms with Gasteiger partial charge in [-0.2, -0.15) is 0 Å². The highest BCUT2D eigenvalue weighted by atomic mass is 16.6. The van der Waals surface area contributed by atoms with Crippen LogP contribution >= 0.6 is 0 Å². The molecule has 0 spiro atoms. The number of benzene rings is 2. The van der Waals surface area contributed by atoms with Gasteiger partial charge in [-0.1, -0.05) is 12.1 Å². The largest absolute Gasteiger partial charge is 0.493 e. The van der Waals surface area contributed by atoms with E-state index in [2.05, 4.69) is 5.32 Å². The van der Waals surface area contributed by atoms with Gasteiger partial charge in [-0.3, -0.25) is 9.59 Å². The van der Waals surface area contributed by atoms with Crippen molar-refractivity contribution in [2.24, 2.45) is 0 Å². The van der Waals surface area contributed by atoms with Gasteiger partial charge in [0, 0.05) is 0 Å². The third kappa shape index (κ3) is 4.11. The molecule has 8 heteroatoms. The lowest BCUT2D eigenvalue weighted by molar-refractivity contribution is -0.137. The maximum atomic E-state index is 12.9. The summed E-state index contributed by atoms with van der Waals surface area (Å²) in [6, 6.07) is 9.23. The Morgan fingerprint density at radius 2 is 1.86 bits per heavy atom. The summed E-state index contributed by atoms with van der Waals surface area (Å²) in [5.74, 6) is 0.290. The van der Waals surface area contributed by atoms with Crippen LogP contribution in [0, 0.1) is 0 Å². The molecule has 3 rings (SSSR count). The van der Waals surface area contributed by atoms with Crippen LogP contribution in [0.1, 0.15) is 28.4 Å². The Balaban J connectivity index is 1.89. The average molecular weight is 387 g/mol. The summed E-state index contributed by atoms with van der Waals surface area (Å²) < 4.78 is 21.5. The zero-order valence-corrected chi connectivity index (χ0v) is 15.6. The number of amides is 1. The van der Waals surface area contributed by atoms with Crippen molar-refractivity contribution in [2.45, 2.75) is 12.5 Å². The van der Waals surface area contributed by atoms with Gasteiger partial charge >= 0.3 is 5.97 Å². The van der Waals surface area contributed by atoms with Crippen LogP contribution in [-0.4, -0.2) is 44.4 Å². The molecule has 0 aliphatic carbocycles. The summed E-state index contributed by atoms with van der Waals surface area (Å²) in [4.78, 5) is 24.2. The number of nitrogens with one attached hydrogen (secondary N) is 1. The standard InChI is InChI=1S/C20H21NO7/c1-25-15-7-6-12(10-17(15)26-2)14(11-18(22)23)21-20(24)13-4-3-5-16-19(13)28-9-8-27-16/h3-7,10,14H,8-9,11H2,1-2H3,(H,21,24)(H,22,23). The molecular formula is C20H21NO7. The fraction of sp³-hybridized carbons (Fsp3) is 0.300. The van der Waals surface area contributed by atoms with Gasteiger partial charge < -0.3 is 29.4 Å². The maximum absolute atomic E-state index is 12.9. The van der Waals surface area contributed by atoms with Crippen molar-refractivity contribution in [3.05, 3.63) is 47.5 Å². The molecule has 0 aromatic heterocycles. The van der Waals surface area contributed by atoms with E-state index in [-0.39, 0.29) is 12.0 Å². The van der Waals surface area contributed by atoms with E-state index in [0.29, 0.717) is 41.8 Å². The first-order valence-corrected chi connectivity index (χ1v) is 8.66. The summed E-state index contributed by atoms with van der Waals surface area (Å²) in [6.07, 6.45) is -0.298. The Kier molecular flexibility index (Phi) is 5.88. The normalized spacial score (nSPS) is 13.4. The second kappa shape index (κ2) is 8.51. The predicted molar refractivity (Wildman–Crippen MR) is 99.4 cm³/mol. The lowest BCUT2D eigenvalue weighted by atomic mass is 10.0. The summed E-state index contributed by atoms with van der Waals surface area (Å²) >= 11 is 0. The fourth-order valence-corrected chi connectivity index (χ4v) is 2.98. The topological polar surface area (TPSA) is 103 Å². The Bertz CT molecular complexity index is 881. The number of carboxylic acids is 1. The highest BCUT2D eigenvalue weighted by molar-refractivity contribution is 5.98. The molecule has 1 atom stereocenters. The van der Waals surface area contributed by atoms with Crippen molar-refractivity contribution < 1.29 is 33.6 Å². The minimum atomic E-state index is -1.05. The molecular weight excluding hydrogens is 366 g/mol. The van der Waals surface area contributed by atoms with Gasteiger partial charge in [-0.25, -0.2) is 0 Å². The van der Waals surface area contributed by atoms with Crippen LogP contribution in [0.3, 0.4) is 0 Å². The first-order chi connectivity index (χ1) is 13.5. The number of rotatable bonds is 7. The van der Waals surface area contributed by atoms with Gasteiger partial charge in [0.15, 0.2) is 23.0 Å². The minimum Gasteiger partial charge on any atom is -0.493 e. The molecule has 1 aliphatic heterocycles. The van der Waals surface area contributed by atoms with Gasteiger partial charge in [-0.05, 0) is 29.8 Å². The van der Waals surface area contributed by atoms with E-state index < -0.39 is 17.9 Å². The van der Waals surface area contributed by atoms with Gasteiger partial charge in [-0.15, -0.1) is 0 Å². The molecule has 148 valence electrons. The molecule has 1 amide bonds. The van der Waals surface area contributed by atoms with Crippen LogP contribution in [0.4, 0.5) is 0 Å². The molecule has 0 bridgehead atoms. The minimum absolute atomic E-state index is 0.285. The van der Waals surface area contributed by atoms with Crippen LogP contribution in [0.2, 0.25) is 0 Å². The third-order valence-corrected chi connectivity index (χ3v) is 4.30. The first-order valence-electron chi connectivity index (χ1n) is 8.66. The fourth-order valence-electron chi connectivity index (χ4n) is 2.98. The summed E-state index contributed by atoms with van der Waals surface area (Å²) in [5.41, 5.74) is 0.864. The van der Waals surface area contributed by atoms with E-state index in [1.165, 1.54) is 14.2 Å².